The predicted molar refractivity (Wildman–Crippen MR) is 328 cm³/mol. The van der Waals surface area contributed by atoms with Crippen LogP contribution in [0.5, 0.6) is 0 Å². The molecule has 8 amide bonds. The standard InChI is InChI=1S/C66H98N8O18/c1-35(2)56(71-52(77)34-72-22-24-73(25-23-72)53(78)11-7-8-21-74-54(79)16-17-55(74)80)64(82)70-45(10-9-20-68-65(67)83)63(81)69-33-40(76)30-50-57(84-6)44-29-39(75)28-42-13-15-47-58(87-42)62-61-60(89-47)59-51(90-61)32-66(91-59,92-62)19-18-43-27-37(4)46(85-43)14-12-41-26-36(3)38(5)48(86-41)31-49(44)88-50/h16-17,35-36,40-51,56-62,76H,4-5,7-15,18-34H2,1-3,6H3,(H,69,81)(H,70,82)(H,71,77)(H3,67,68,83)/t36-,40+,41+,42-,43+,44+,45+,46+,47+,48-,49+,50-,51-,56+,57-,58+,59+,60?,61?,62+,66+/m1/s1. The summed E-state index contributed by atoms with van der Waals surface area (Å²) in [4.78, 5) is 109. The Hall–Kier alpha value is -5.26. The molecule has 11 saturated heterocycles. The summed E-state index contributed by atoms with van der Waals surface area (Å²) in [6.07, 6.45) is 4.77. The second-order valence-corrected chi connectivity index (χ2v) is 28.0. The molecule has 26 heteroatoms. The normalized spacial score (nSPS) is 37.2. The lowest BCUT2D eigenvalue weighted by atomic mass is 9.81. The molecule has 12 aliphatic rings. The van der Waals surface area contributed by atoms with Gasteiger partial charge in [-0.05, 0) is 93.6 Å². The first-order valence-electron chi connectivity index (χ1n) is 33.9. The Kier molecular flexibility index (Phi) is 22.1. The molecule has 12 heterocycles. The molecule has 7 N–H and O–H groups in total. The number of piperazine rings is 1. The van der Waals surface area contributed by atoms with E-state index in [1.54, 1.807) is 25.9 Å². The number of hydrogen-bond donors (Lipinski definition) is 6. The molecule has 0 aromatic carbocycles. The van der Waals surface area contributed by atoms with Crippen LogP contribution >= 0.6 is 0 Å². The third-order valence-corrected chi connectivity index (χ3v) is 21.1. The van der Waals surface area contributed by atoms with Crippen molar-refractivity contribution in [3.8, 4) is 0 Å². The predicted octanol–water partition coefficient (Wildman–Crippen LogP) is 1.91. The number of aliphatic hydroxyl groups excluding tert-OH is 1. The number of amides is 8. The molecule has 12 bridgehead atoms. The molecule has 0 aliphatic carbocycles. The van der Waals surface area contributed by atoms with E-state index in [4.69, 9.17) is 48.4 Å². The Labute approximate surface area is 538 Å². The number of unbranched alkanes of at least 4 members (excludes halogenated alkanes) is 1. The van der Waals surface area contributed by atoms with Crippen molar-refractivity contribution in [1.29, 1.82) is 0 Å². The van der Waals surface area contributed by atoms with E-state index in [-0.39, 0.29) is 143 Å². The monoisotopic (exact) mass is 1290 g/mol. The van der Waals surface area contributed by atoms with E-state index in [2.05, 4.69) is 41.3 Å². The van der Waals surface area contributed by atoms with Gasteiger partial charge in [-0.1, -0.05) is 33.9 Å². The second kappa shape index (κ2) is 29.8. The van der Waals surface area contributed by atoms with Gasteiger partial charge in [-0.3, -0.25) is 43.4 Å². The fourth-order valence-electron chi connectivity index (χ4n) is 16.1. The van der Waals surface area contributed by atoms with Gasteiger partial charge in [0.2, 0.25) is 23.6 Å². The Morgan fingerprint density at radius 3 is 2.22 bits per heavy atom. The summed E-state index contributed by atoms with van der Waals surface area (Å²) in [5, 5.41) is 22.8. The van der Waals surface area contributed by atoms with Crippen LogP contribution in [0.1, 0.15) is 136 Å². The fraction of sp³-hybridized carbons (Fsp3) is 0.788. The number of urea groups is 1. The first-order chi connectivity index (χ1) is 44.1. The number of fused-ring (bicyclic) bond motifs is 6. The summed E-state index contributed by atoms with van der Waals surface area (Å²) >= 11 is 0. The van der Waals surface area contributed by atoms with Crippen molar-refractivity contribution in [1.82, 2.24) is 36.0 Å². The number of ether oxygens (including phenoxy) is 9. The zero-order chi connectivity index (χ0) is 65.1. The lowest BCUT2D eigenvalue weighted by Crippen LogP contribution is -2.61. The summed E-state index contributed by atoms with van der Waals surface area (Å²) in [6.45, 7) is 16.4. The summed E-state index contributed by atoms with van der Waals surface area (Å²) in [5.41, 5.74) is 7.35. The molecule has 21 atom stereocenters. The number of carbonyl (C=O) groups excluding carboxylic acids is 8. The maximum atomic E-state index is 14.6. The molecule has 0 aromatic heterocycles. The zero-order valence-electron chi connectivity index (χ0n) is 53.9. The molecule has 11 fully saturated rings. The Bertz CT molecular complexity index is 2760. The molecule has 0 radical (unpaired) electrons. The maximum Gasteiger partial charge on any atom is 0.312 e. The summed E-state index contributed by atoms with van der Waals surface area (Å²) in [5.74, 6) is -4.00. The highest BCUT2D eigenvalue weighted by Crippen LogP contribution is 2.54. The smallest absolute Gasteiger partial charge is 0.312 e. The van der Waals surface area contributed by atoms with E-state index in [9.17, 15) is 43.5 Å². The first-order valence-corrected chi connectivity index (χ1v) is 33.9. The van der Waals surface area contributed by atoms with Crippen LogP contribution in [0.3, 0.4) is 0 Å². The van der Waals surface area contributed by atoms with Gasteiger partial charge in [0.1, 0.15) is 48.4 Å². The lowest BCUT2D eigenvalue weighted by molar-refractivity contribution is -0.292. The van der Waals surface area contributed by atoms with Crippen LogP contribution in [-0.2, 0) is 76.2 Å². The van der Waals surface area contributed by atoms with Gasteiger partial charge in [0.25, 0.3) is 11.8 Å². The number of hydrogen-bond acceptors (Lipinski definition) is 19. The minimum atomic E-state index is -1.17. The van der Waals surface area contributed by atoms with Gasteiger partial charge in [-0.2, -0.15) is 0 Å². The maximum absolute atomic E-state index is 14.6. The number of ketones is 1. The van der Waals surface area contributed by atoms with Crippen molar-refractivity contribution in [2.75, 3.05) is 59.5 Å². The number of rotatable bonds is 21. The second-order valence-electron chi connectivity index (χ2n) is 28.0. The SMILES string of the molecule is C=C1C[C@@H]2CC[C@@]34C[C@H]5OC6C(O[C@H]7CC[C@H](CC(=O)C[C@@H]8[C@@H](OC)[C@@H](C[C@H](O)CNC(=O)[C@H](CCCNC(N)=O)NC(=O)[C@@H](NC(=O)CN9CCN(C(=O)CCCCN%10C(=O)C=CC%10=O)CC9)C(C)C)O[C@H]8C[C@H]8O[C@@H](CC[C@@H]1O2)C[C@@H](C)C8=C)O[C@@H]7[C@@H]6O3)[C@H]5O4. The highest BCUT2D eigenvalue weighted by Gasteiger charge is 2.69. The molecule has 0 saturated carbocycles. The summed E-state index contributed by atoms with van der Waals surface area (Å²) in [7, 11) is 1.57. The van der Waals surface area contributed by atoms with Crippen LogP contribution in [0.2, 0.25) is 0 Å². The van der Waals surface area contributed by atoms with Gasteiger partial charge in [-0.25, -0.2) is 4.79 Å². The van der Waals surface area contributed by atoms with E-state index >= 15 is 0 Å². The highest BCUT2D eigenvalue weighted by atomic mass is 16.8. The largest absolute Gasteiger partial charge is 0.391 e. The third-order valence-electron chi connectivity index (χ3n) is 21.1. The Morgan fingerprint density at radius 2 is 1.47 bits per heavy atom. The average molecular weight is 1290 g/mol. The number of methoxy groups -OCH3 is 1. The van der Waals surface area contributed by atoms with Crippen LogP contribution in [0.15, 0.2) is 36.5 Å². The van der Waals surface area contributed by atoms with Crippen molar-refractivity contribution < 1.29 is 86.1 Å². The first kappa shape index (κ1) is 68.1. The number of nitrogens with zero attached hydrogens (tertiary/aromatic N) is 3. The number of nitrogens with two attached hydrogens (primary N) is 1. The molecular weight excluding hydrogens is 1190 g/mol. The molecule has 26 nitrogen and oxygen atoms in total. The van der Waals surface area contributed by atoms with Crippen LogP contribution in [0, 0.1) is 17.8 Å². The summed E-state index contributed by atoms with van der Waals surface area (Å²) < 4.78 is 61.0. The van der Waals surface area contributed by atoms with Gasteiger partial charge in [0, 0.05) is 116 Å². The fourth-order valence-corrected chi connectivity index (χ4v) is 16.1. The van der Waals surface area contributed by atoms with Crippen LogP contribution < -0.4 is 27.0 Å². The van der Waals surface area contributed by atoms with Crippen molar-refractivity contribution >= 4 is 47.3 Å². The number of Topliss-reactive ketones (excluding diaryl/α,β-unsaturated/α-hetero) is 1. The van der Waals surface area contributed by atoms with Crippen molar-refractivity contribution in [3.05, 3.63) is 36.5 Å². The van der Waals surface area contributed by atoms with Crippen LogP contribution in [0.25, 0.3) is 0 Å². The molecular formula is C66H98N8O18. The van der Waals surface area contributed by atoms with E-state index < -0.39 is 102 Å². The van der Waals surface area contributed by atoms with Gasteiger partial charge >= 0.3 is 6.03 Å². The van der Waals surface area contributed by atoms with E-state index in [1.165, 1.54) is 12.2 Å². The molecule has 2 unspecified atom stereocenters. The molecule has 92 heavy (non-hydrogen) atoms. The topological polar surface area (TPSA) is 324 Å². The summed E-state index contributed by atoms with van der Waals surface area (Å²) in [6, 6.07) is -2.94. The van der Waals surface area contributed by atoms with Crippen LogP contribution in [0.4, 0.5) is 4.79 Å². The van der Waals surface area contributed by atoms with E-state index in [0.29, 0.717) is 71.1 Å². The van der Waals surface area contributed by atoms with Gasteiger partial charge in [0.15, 0.2) is 5.79 Å². The van der Waals surface area contributed by atoms with Gasteiger partial charge in [0.05, 0.1) is 73.7 Å². The number of primary amides is 1. The van der Waals surface area contributed by atoms with Gasteiger partial charge < -0.3 is 79.6 Å². The zero-order valence-corrected chi connectivity index (χ0v) is 53.9. The third kappa shape index (κ3) is 15.8. The van der Waals surface area contributed by atoms with Crippen molar-refractivity contribution in [2.24, 2.45) is 23.5 Å². The number of carbonyl (C=O) groups is 8. The molecule has 12 rings (SSSR count). The number of imide groups is 1. The van der Waals surface area contributed by atoms with Crippen molar-refractivity contribution in [2.45, 2.75) is 252 Å². The van der Waals surface area contributed by atoms with Gasteiger partial charge in [-0.15, -0.1) is 0 Å². The number of aliphatic hydroxyl groups is 1. The molecule has 12 aliphatic heterocycles. The lowest BCUT2D eigenvalue weighted by Gasteiger charge is -2.47. The minimum absolute atomic E-state index is 0.0166. The Morgan fingerprint density at radius 1 is 0.750 bits per heavy atom. The van der Waals surface area contributed by atoms with Crippen LogP contribution in [-0.4, -0.2) is 242 Å². The highest BCUT2D eigenvalue weighted by molar-refractivity contribution is 6.12. The van der Waals surface area contributed by atoms with E-state index in [0.717, 1.165) is 48.2 Å². The molecule has 510 valence electrons. The van der Waals surface area contributed by atoms with E-state index in [1.807, 2.05) is 4.90 Å². The molecule has 0 aromatic rings. The Balaban J connectivity index is 0.711. The van der Waals surface area contributed by atoms with Crippen molar-refractivity contribution in [3.63, 3.8) is 0 Å². The number of nitrogens with one attached hydrogen (secondary N) is 4. The quantitative estimate of drug-likeness (QED) is 0.0543. The average Bonchev–Trinajstić information content (AvgIpc) is 1.55. The minimum Gasteiger partial charge on any atom is -0.391 e. The molecule has 1 spiro atoms.